The number of rotatable bonds is 6. The quantitative estimate of drug-likeness (QED) is 0.758. The second kappa shape index (κ2) is 6.28. The molecule has 0 heterocycles. The van der Waals surface area contributed by atoms with Crippen molar-refractivity contribution >= 4 is 18.5 Å². The summed E-state index contributed by atoms with van der Waals surface area (Å²) in [5, 5.41) is 3.14. The molecule has 0 bridgehead atoms. The average molecular weight is 263 g/mol. The summed E-state index contributed by atoms with van der Waals surface area (Å²) in [4.78, 5) is 12.9. The number of hydrogen-bond acceptors (Lipinski definition) is 2. The first-order chi connectivity index (χ1) is 8.67. The van der Waals surface area contributed by atoms with Crippen LogP contribution < -0.4 is 5.32 Å². The first kappa shape index (κ1) is 13.5. The minimum Gasteiger partial charge on any atom is -0.353 e. The van der Waals surface area contributed by atoms with Crippen LogP contribution in [0.4, 0.5) is 0 Å². The van der Waals surface area contributed by atoms with E-state index in [0.717, 1.165) is 29.2 Å². The van der Waals surface area contributed by atoms with Crippen LogP contribution in [0.25, 0.3) is 0 Å². The maximum absolute atomic E-state index is 11.9. The fourth-order valence-corrected chi connectivity index (χ4v) is 2.31. The third kappa shape index (κ3) is 4.37. The fraction of sp³-hybridized carbons (Fsp3) is 0.533. The van der Waals surface area contributed by atoms with E-state index in [0.29, 0.717) is 12.5 Å². The van der Waals surface area contributed by atoms with Gasteiger partial charge in [0.25, 0.3) is 0 Å². The second-order valence-electron chi connectivity index (χ2n) is 5.19. The van der Waals surface area contributed by atoms with E-state index in [9.17, 15) is 4.79 Å². The van der Waals surface area contributed by atoms with E-state index in [2.05, 4.69) is 24.9 Å². The standard InChI is InChI=1S/C15H21NOS/c1-2-13(9-11-3-4-11)16-15(17)10-12-5-7-14(18)8-6-12/h5-8,11,13,18H,2-4,9-10H2,1H3,(H,16,17). The Kier molecular flexibility index (Phi) is 4.70. The summed E-state index contributed by atoms with van der Waals surface area (Å²) >= 11 is 4.24. The van der Waals surface area contributed by atoms with E-state index in [1.807, 2.05) is 24.3 Å². The Bertz CT molecular complexity index is 397. The van der Waals surface area contributed by atoms with E-state index in [1.54, 1.807) is 0 Å². The van der Waals surface area contributed by atoms with E-state index >= 15 is 0 Å². The molecule has 0 spiro atoms. The smallest absolute Gasteiger partial charge is 0.224 e. The maximum Gasteiger partial charge on any atom is 0.224 e. The molecule has 0 radical (unpaired) electrons. The molecule has 1 N–H and O–H groups in total. The minimum atomic E-state index is 0.134. The third-order valence-corrected chi connectivity index (χ3v) is 3.77. The molecular weight excluding hydrogens is 242 g/mol. The van der Waals surface area contributed by atoms with E-state index in [1.165, 1.54) is 12.8 Å². The SMILES string of the molecule is CCC(CC1CC1)NC(=O)Cc1ccc(S)cc1. The van der Waals surface area contributed by atoms with Gasteiger partial charge in [0.1, 0.15) is 0 Å². The Morgan fingerprint density at radius 1 is 1.39 bits per heavy atom. The molecule has 2 nitrogen and oxygen atoms in total. The van der Waals surface area contributed by atoms with E-state index < -0.39 is 0 Å². The molecule has 98 valence electrons. The summed E-state index contributed by atoms with van der Waals surface area (Å²) in [6.45, 7) is 2.14. The molecule has 1 atom stereocenters. The predicted octanol–water partition coefficient (Wildman–Crippen LogP) is 3.21. The molecule has 1 saturated carbocycles. The van der Waals surface area contributed by atoms with Crippen LogP contribution in [0, 0.1) is 5.92 Å². The molecule has 1 aliphatic rings. The highest BCUT2D eigenvalue weighted by molar-refractivity contribution is 7.80. The molecule has 1 aromatic carbocycles. The van der Waals surface area contributed by atoms with Crippen molar-refractivity contribution in [3.05, 3.63) is 29.8 Å². The topological polar surface area (TPSA) is 29.1 Å². The molecule has 3 heteroatoms. The average Bonchev–Trinajstić information content (AvgIpc) is 3.15. The molecule has 0 aromatic heterocycles. The van der Waals surface area contributed by atoms with Crippen LogP contribution in [-0.4, -0.2) is 11.9 Å². The van der Waals surface area contributed by atoms with Crippen LogP contribution in [0.15, 0.2) is 29.2 Å². The Hall–Kier alpha value is -0.960. The lowest BCUT2D eigenvalue weighted by atomic mass is 10.1. The van der Waals surface area contributed by atoms with Gasteiger partial charge >= 0.3 is 0 Å². The molecule has 1 unspecified atom stereocenters. The number of benzene rings is 1. The Morgan fingerprint density at radius 3 is 2.61 bits per heavy atom. The van der Waals surface area contributed by atoms with Gasteiger partial charge in [0, 0.05) is 10.9 Å². The van der Waals surface area contributed by atoms with Crippen molar-refractivity contribution < 1.29 is 4.79 Å². The normalized spacial score (nSPS) is 16.3. The lowest BCUT2D eigenvalue weighted by molar-refractivity contribution is -0.121. The Morgan fingerprint density at radius 2 is 2.06 bits per heavy atom. The maximum atomic E-state index is 11.9. The fourth-order valence-electron chi connectivity index (χ4n) is 2.16. The number of carbonyl (C=O) groups is 1. The van der Waals surface area contributed by atoms with Crippen molar-refractivity contribution in [2.24, 2.45) is 5.92 Å². The summed E-state index contributed by atoms with van der Waals surface area (Å²) < 4.78 is 0. The highest BCUT2D eigenvalue weighted by atomic mass is 32.1. The van der Waals surface area contributed by atoms with Crippen molar-refractivity contribution in [3.63, 3.8) is 0 Å². The summed E-state index contributed by atoms with van der Waals surface area (Å²) in [6, 6.07) is 8.13. The number of thiol groups is 1. The van der Waals surface area contributed by atoms with Gasteiger partial charge in [0.05, 0.1) is 6.42 Å². The van der Waals surface area contributed by atoms with Gasteiger partial charge in [-0.15, -0.1) is 12.6 Å². The molecule has 2 rings (SSSR count). The second-order valence-corrected chi connectivity index (χ2v) is 5.71. The monoisotopic (exact) mass is 263 g/mol. The van der Waals surface area contributed by atoms with Gasteiger partial charge in [-0.3, -0.25) is 4.79 Å². The lowest BCUT2D eigenvalue weighted by Crippen LogP contribution is -2.35. The van der Waals surface area contributed by atoms with Gasteiger partial charge in [-0.05, 0) is 36.5 Å². The molecule has 1 fully saturated rings. The van der Waals surface area contributed by atoms with Crippen LogP contribution in [0.2, 0.25) is 0 Å². The minimum absolute atomic E-state index is 0.134. The van der Waals surface area contributed by atoms with Gasteiger partial charge < -0.3 is 5.32 Å². The Balaban J connectivity index is 1.81. The predicted molar refractivity (Wildman–Crippen MR) is 77.0 cm³/mol. The highest BCUT2D eigenvalue weighted by Gasteiger charge is 2.25. The van der Waals surface area contributed by atoms with E-state index in [4.69, 9.17) is 0 Å². The van der Waals surface area contributed by atoms with Crippen LogP contribution >= 0.6 is 12.6 Å². The molecule has 1 aromatic rings. The molecule has 0 saturated heterocycles. The van der Waals surface area contributed by atoms with E-state index in [-0.39, 0.29) is 5.91 Å². The zero-order valence-corrected chi connectivity index (χ0v) is 11.7. The molecule has 1 aliphatic carbocycles. The van der Waals surface area contributed by atoms with Crippen molar-refractivity contribution in [1.29, 1.82) is 0 Å². The Labute approximate surface area is 115 Å². The zero-order valence-electron chi connectivity index (χ0n) is 10.9. The van der Waals surface area contributed by atoms with Crippen LogP contribution in [0.3, 0.4) is 0 Å². The summed E-state index contributed by atoms with van der Waals surface area (Å²) in [6.07, 6.45) is 5.33. The largest absolute Gasteiger partial charge is 0.353 e. The first-order valence-corrected chi connectivity index (χ1v) is 7.19. The first-order valence-electron chi connectivity index (χ1n) is 6.74. The lowest BCUT2D eigenvalue weighted by Gasteiger charge is -2.16. The number of hydrogen-bond donors (Lipinski definition) is 2. The third-order valence-electron chi connectivity index (χ3n) is 3.47. The van der Waals surface area contributed by atoms with Crippen molar-refractivity contribution in [1.82, 2.24) is 5.32 Å². The van der Waals surface area contributed by atoms with Crippen LogP contribution in [0.5, 0.6) is 0 Å². The van der Waals surface area contributed by atoms with Gasteiger partial charge in [0.15, 0.2) is 0 Å². The number of carbonyl (C=O) groups excluding carboxylic acids is 1. The van der Waals surface area contributed by atoms with Gasteiger partial charge in [-0.25, -0.2) is 0 Å². The summed E-state index contributed by atoms with van der Waals surface area (Å²) in [7, 11) is 0. The van der Waals surface area contributed by atoms with Crippen molar-refractivity contribution in [2.75, 3.05) is 0 Å². The van der Waals surface area contributed by atoms with Gasteiger partial charge in [-0.2, -0.15) is 0 Å². The molecule has 1 amide bonds. The summed E-state index contributed by atoms with van der Waals surface area (Å²) in [5.41, 5.74) is 1.05. The van der Waals surface area contributed by atoms with Crippen molar-refractivity contribution in [2.45, 2.75) is 50.0 Å². The number of nitrogens with one attached hydrogen (secondary N) is 1. The zero-order chi connectivity index (χ0) is 13.0. The van der Waals surface area contributed by atoms with Gasteiger partial charge in [-0.1, -0.05) is 31.9 Å². The molecule has 18 heavy (non-hydrogen) atoms. The van der Waals surface area contributed by atoms with Crippen molar-refractivity contribution in [3.8, 4) is 0 Å². The van der Waals surface area contributed by atoms with Crippen LogP contribution in [0.1, 0.15) is 38.2 Å². The van der Waals surface area contributed by atoms with Gasteiger partial charge in [0.2, 0.25) is 5.91 Å². The molecular formula is C15H21NOS. The molecule has 0 aliphatic heterocycles. The highest BCUT2D eigenvalue weighted by Crippen LogP contribution is 2.34. The van der Waals surface area contributed by atoms with Crippen LogP contribution in [-0.2, 0) is 11.2 Å². The number of amides is 1. The summed E-state index contributed by atoms with van der Waals surface area (Å²) in [5.74, 6) is 0.994.